The maximum absolute atomic E-state index is 12.1. The number of amides is 1. The lowest BCUT2D eigenvalue weighted by molar-refractivity contribution is 0.154. The minimum atomic E-state index is -1.46. The zero-order valence-electron chi connectivity index (χ0n) is 10.6. The molecule has 110 valence electrons. The van der Waals surface area contributed by atoms with E-state index in [1.54, 1.807) is 6.07 Å². The summed E-state index contributed by atoms with van der Waals surface area (Å²) in [7, 11) is -1.46. The van der Waals surface area contributed by atoms with Crippen LogP contribution in [0.15, 0.2) is 21.6 Å². The molecule has 1 amide bonds. The molecule has 0 aliphatic carbocycles. The number of nitrogens with two attached hydrogens (primary N) is 1. The van der Waals surface area contributed by atoms with Crippen LogP contribution >= 0.6 is 15.9 Å². The molecular formula is C11H15BrN4O3S. The van der Waals surface area contributed by atoms with Gasteiger partial charge in [0.05, 0.1) is 4.90 Å². The van der Waals surface area contributed by atoms with Crippen LogP contribution in [0.2, 0.25) is 0 Å². The summed E-state index contributed by atoms with van der Waals surface area (Å²) in [5.74, 6) is 0.383. The zero-order chi connectivity index (χ0) is 14.7. The van der Waals surface area contributed by atoms with Crippen LogP contribution in [-0.4, -0.2) is 44.9 Å². The van der Waals surface area contributed by atoms with Crippen LogP contribution in [0.1, 0.15) is 6.42 Å². The van der Waals surface area contributed by atoms with E-state index >= 15 is 0 Å². The summed E-state index contributed by atoms with van der Waals surface area (Å²) in [5, 5.41) is 8.87. The highest BCUT2D eigenvalue weighted by atomic mass is 79.9. The summed E-state index contributed by atoms with van der Waals surface area (Å²) in [6.07, 6.45) is 1.40. The molecule has 2 atom stereocenters. The molecule has 1 aromatic heterocycles. The first-order chi connectivity index (χ1) is 9.47. The second kappa shape index (κ2) is 6.51. The van der Waals surface area contributed by atoms with E-state index < -0.39 is 17.1 Å². The molecule has 7 nitrogen and oxygen atoms in total. The number of rotatable bonds is 4. The summed E-state index contributed by atoms with van der Waals surface area (Å²) in [4.78, 5) is 16.5. The van der Waals surface area contributed by atoms with Crippen molar-refractivity contribution in [2.45, 2.75) is 11.3 Å². The number of halogens is 1. The highest BCUT2D eigenvalue weighted by Gasteiger charge is 2.26. The Balaban J connectivity index is 1.90. The first-order valence-electron chi connectivity index (χ1n) is 6.01. The number of aromatic nitrogens is 1. The lowest BCUT2D eigenvalue weighted by Crippen LogP contribution is -2.30. The third-order valence-corrected chi connectivity index (χ3v) is 4.70. The van der Waals surface area contributed by atoms with Gasteiger partial charge in [0.15, 0.2) is 0 Å². The smallest absolute Gasteiger partial charge is 0.407 e. The van der Waals surface area contributed by atoms with Gasteiger partial charge in [-0.1, -0.05) is 0 Å². The Hall–Kier alpha value is -1.19. The molecule has 0 bridgehead atoms. The fraction of sp³-hybridized carbons (Fsp3) is 0.455. The summed E-state index contributed by atoms with van der Waals surface area (Å²) in [6.45, 7) is 1.46. The molecule has 1 aliphatic heterocycles. The fourth-order valence-electron chi connectivity index (χ4n) is 2.02. The molecule has 0 radical (unpaired) electrons. The van der Waals surface area contributed by atoms with Gasteiger partial charge in [0, 0.05) is 30.3 Å². The molecule has 1 fully saturated rings. The van der Waals surface area contributed by atoms with E-state index in [2.05, 4.69) is 25.6 Å². The topological polar surface area (TPSA) is 109 Å². The van der Waals surface area contributed by atoms with Crippen molar-refractivity contribution in [3.63, 3.8) is 0 Å². The van der Waals surface area contributed by atoms with Crippen LogP contribution < -0.4 is 10.5 Å². The number of nitrogen functional groups attached to an aromatic ring is 1. The average Bonchev–Trinajstić information content (AvgIpc) is 2.88. The van der Waals surface area contributed by atoms with Gasteiger partial charge in [0.1, 0.15) is 16.8 Å². The average molecular weight is 363 g/mol. The molecule has 9 heteroatoms. The van der Waals surface area contributed by atoms with Crippen molar-refractivity contribution in [3.05, 3.63) is 16.7 Å². The van der Waals surface area contributed by atoms with Crippen LogP contribution in [0.5, 0.6) is 0 Å². The normalized spacial score (nSPS) is 20.1. The Morgan fingerprint density at radius 3 is 3.10 bits per heavy atom. The standard InChI is InChI=1S/C11H15BrN4O3S/c12-8-3-9(10(13)14-5-8)20(19)15-4-7-1-2-16(6-7)11(17)18/h3,5,7,15H,1-2,4,6H2,(H2,13,14)(H,17,18)/t7-,20?/m0/s1. The quantitative estimate of drug-likeness (QED) is 0.741. The van der Waals surface area contributed by atoms with Gasteiger partial charge in [-0.25, -0.2) is 18.7 Å². The number of nitrogens with zero attached hydrogens (tertiary/aromatic N) is 2. The van der Waals surface area contributed by atoms with E-state index in [1.165, 1.54) is 11.1 Å². The summed E-state index contributed by atoms with van der Waals surface area (Å²) in [5.41, 5.74) is 5.68. The van der Waals surface area contributed by atoms with Gasteiger partial charge < -0.3 is 15.7 Å². The van der Waals surface area contributed by atoms with Gasteiger partial charge in [-0.05, 0) is 34.3 Å². The Morgan fingerprint density at radius 2 is 2.45 bits per heavy atom. The number of anilines is 1. The van der Waals surface area contributed by atoms with E-state index in [-0.39, 0.29) is 11.7 Å². The minimum Gasteiger partial charge on any atom is -0.465 e. The van der Waals surface area contributed by atoms with Crippen molar-refractivity contribution in [1.29, 1.82) is 0 Å². The molecule has 1 aromatic rings. The second-order valence-electron chi connectivity index (χ2n) is 4.54. The minimum absolute atomic E-state index is 0.163. The first-order valence-corrected chi connectivity index (χ1v) is 7.96. The number of hydrogen-bond donors (Lipinski definition) is 3. The molecule has 1 aliphatic rings. The van der Waals surface area contributed by atoms with E-state index in [0.29, 0.717) is 29.0 Å². The lowest BCUT2D eigenvalue weighted by Gasteiger charge is -2.13. The maximum Gasteiger partial charge on any atom is 0.407 e. The van der Waals surface area contributed by atoms with Crippen molar-refractivity contribution in [2.75, 3.05) is 25.4 Å². The summed E-state index contributed by atoms with van der Waals surface area (Å²) >= 11 is 3.25. The third kappa shape index (κ3) is 3.68. The number of nitrogens with one attached hydrogen (secondary N) is 1. The van der Waals surface area contributed by atoms with Gasteiger partial charge in [-0.2, -0.15) is 0 Å². The first kappa shape index (κ1) is 15.2. The number of hydrogen-bond acceptors (Lipinski definition) is 4. The molecule has 20 heavy (non-hydrogen) atoms. The van der Waals surface area contributed by atoms with Gasteiger partial charge in [0.2, 0.25) is 0 Å². The molecular weight excluding hydrogens is 348 g/mol. The Kier molecular flexibility index (Phi) is 4.95. The molecule has 0 saturated carbocycles. The van der Waals surface area contributed by atoms with Crippen LogP contribution in [0, 0.1) is 5.92 Å². The van der Waals surface area contributed by atoms with Crippen molar-refractivity contribution >= 4 is 38.8 Å². The van der Waals surface area contributed by atoms with Gasteiger partial charge in [0.25, 0.3) is 0 Å². The van der Waals surface area contributed by atoms with Crippen molar-refractivity contribution in [1.82, 2.24) is 14.6 Å². The van der Waals surface area contributed by atoms with E-state index in [1.807, 2.05) is 0 Å². The number of carbonyl (C=O) groups is 1. The Labute approximate surface area is 127 Å². The third-order valence-electron chi connectivity index (χ3n) is 3.11. The number of likely N-dealkylation sites (tertiary alicyclic amines) is 1. The maximum atomic E-state index is 12.1. The van der Waals surface area contributed by atoms with E-state index in [4.69, 9.17) is 10.8 Å². The van der Waals surface area contributed by atoms with Crippen LogP contribution in [0.4, 0.5) is 10.6 Å². The van der Waals surface area contributed by atoms with E-state index in [9.17, 15) is 9.00 Å². The number of pyridine rings is 1. The van der Waals surface area contributed by atoms with Crippen LogP contribution in [-0.2, 0) is 11.0 Å². The van der Waals surface area contributed by atoms with Crippen LogP contribution in [0.3, 0.4) is 0 Å². The summed E-state index contributed by atoms with van der Waals surface area (Å²) < 4.78 is 15.7. The largest absolute Gasteiger partial charge is 0.465 e. The molecule has 0 spiro atoms. The highest BCUT2D eigenvalue weighted by Crippen LogP contribution is 2.19. The summed E-state index contributed by atoms with van der Waals surface area (Å²) in [6, 6.07) is 1.66. The Bertz CT molecular complexity index is 542. The van der Waals surface area contributed by atoms with Crippen molar-refractivity contribution < 1.29 is 14.1 Å². The number of carboxylic acid groups (broad SMARTS) is 1. The van der Waals surface area contributed by atoms with Crippen molar-refractivity contribution in [2.24, 2.45) is 5.92 Å². The van der Waals surface area contributed by atoms with Crippen molar-refractivity contribution in [3.8, 4) is 0 Å². The molecule has 1 saturated heterocycles. The molecule has 1 unspecified atom stereocenters. The molecule has 2 rings (SSSR count). The fourth-order valence-corrected chi connectivity index (χ4v) is 3.53. The SMILES string of the molecule is Nc1ncc(Br)cc1S(=O)NC[C@@H]1CCN(C(=O)O)C1. The highest BCUT2D eigenvalue weighted by molar-refractivity contribution is 9.10. The van der Waals surface area contributed by atoms with Crippen LogP contribution in [0.25, 0.3) is 0 Å². The van der Waals surface area contributed by atoms with Gasteiger partial charge >= 0.3 is 6.09 Å². The predicted octanol–water partition coefficient (Wildman–Crippen LogP) is 1.04. The predicted molar refractivity (Wildman–Crippen MR) is 78.5 cm³/mol. The van der Waals surface area contributed by atoms with Gasteiger partial charge in [-0.3, -0.25) is 0 Å². The second-order valence-corrected chi connectivity index (χ2v) is 6.72. The zero-order valence-corrected chi connectivity index (χ0v) is 13.0. The molecule has 0 aromatic carbocycles. The molecule has 2 heterocycles. The lowest BCUT2D eigenvalue weighted by atomic mass is 10.1. The monoisotopic (exact) mass is 362 g/mol. The van der Waals surface area contributed by atoms with Gasteiger partial charge in [-0.15, -0.1) is 0 Å². The molecule has 4 N–H and O–H groups in total. The Morgan fingerprint density at radius 1 is 1.70 bits per heavy atom. The van der Waals surface area contributed by atoms with E-state index in [0.717, 1.165) is 6.42 Å².